The molecule has 0 saturated heterocycles. The van der Waals surface area contributed by atoms with Gasteiger partial charge in [0.1, 0.15) is 5.56 Å². The lowest BCUT2D eigenvalue weighted by molar-refractivity contribution is 0.0998. The summed E-state index contributed by atoms with van der Waals surface area (Å²) >= 11 is 0. The normalized spacial score (nSPS) is 14.9. The average Bonchev–Trinajstić information content (AvgIpc) is 2.16. The molecule has 1 aliphatic heterocycles. The van der Waals surface area contributed by atoms with Crippen molar-refractivity contribution < 1.29 is 4.79 Å². The Labute approximate surface area is 80.3 Å². The predicted octanol–water partition coefficient (Wildman–Crippen LogP) is -0.881. The van der Waals surface area contributed by atoms with Gasteiger partial charge in [0.25, 0.3) is 11.5 Å². The van der Waals surface area contributed by atoms with Crippen LogP contribution < -0.4 is 16.6 Å². The second kappa shape index (κ2) is 3.26. The first-order valence-electron chi connectivity index (χ1n) is 4.44. The standard InChI is InChI=1S/C9H11N3O2/c10-8(13)6-3-5-1-2-11-4-7(5)12-9(6)14/h3,11H,1-2,4H2,(H2,10,13)(H,12,14). The molecule has 1 aromatic heterocycles. The van der Waals surface area contributed by atoms with Crippen molar-refractivity contribution in [2.45, 2.75) is 13.0 Å². The number of aromatic amines is 1. The molecule has 0 bridgehead atoms. The van der Waals surface area contributed by atoms with Gasteiger partial charge >= 0.3 is 0 Å². The molecule has 4 N–H and O–H groups in total. The zero-order valence-corrected chi connectivity index (χ0v) is 7.59. The first-order chi connectivity index (χ1) is 6.68. The number of pyridine rings is 1. The van der Waals surface area contributed by atoms with E-state index in [4.69, 9.17) is 5.73 Å². The molecule has 2 heterocycles. The van der Waals surface area contributed by atoms with Gasteiger partial charge in [0.2, 0.25) is 0 Å². The number of amides is 1. The lowest BCUT2D eigenvalue weighted by Crippen LogP contribution is -2.31. The minimum absolute atomic E-state index is 0.0469. The molecule has 0 aliphatic carbocycles. The van der Waals surface area contributed by atoms with Crippen LogP contribution in [0, 0.1) is 0 Å². The fourth-order valence-corrected chi connectivity index (χ4v) is 1.61. The first kappa shape index (κ1) is 8.96. The number of hydrogen-bond acceptors (Lipinski definition) is 3. The predicted molar refractivity (Wildman–Crippen MR) is 51.0 cm³/mol. The lowest BCUT2D eigenvalue weighted by atomic mass is 10.0. The van der Waals surface area contributed by atoms with Crippen LogP contribution in [0.5, 0.6) is 0 Å². The molecule has 5 nitrogen and oxygen atoms in total. The maximum Gasteiger partial charge on any atom is 0.261 e. The number of carbonyl (C=O) groups is 1. The van der Waals surface area contributed by atoms with Gasteiger partial charge in [-0.2, -0.15) is 0 Å². The second-order valence-electron chi connectivity index (χ2n) is 3.31. The summed E-state index contributed by atoms with van der Waals surface area (Å²) < 4.78 is 0. The summed E-state index contributed by atoms with van der Waals surface area (Å²) in [5, 5.41) is 3.13. The number of aromatic nitrogens is 1. The molecule has 0 saturated carbocycles. The molecular formula is C9H11N3O2. The maximum atomic E-state index is 11.3. The highest BCUT2D eigenvalue weighted by Crippen LogP contribution is 2.09. The Bertz CT molecular complexity index is 436. The zero-order chi connectivity index (χ0) is 10.1. The Morgan fingerprint density at radius 1 is 1.50 bits per heavy atom. The van der Waals surface area contributed by atoms with E-state index in [-0.39, 0.29) is 5.56 Å². The number of primary amides is 1. The van der Waals surface area contributed by atoms with Crippen LogP contribution in [0.15, 0.2) is 10.9 Å². The highest BCUT2D eigenvalue weighted by molar-refractivity contribution is 5.92. The summed E-state index contributed by atoms with van der Waals surface area (Å²) in [5.74, 6) is -0.674. The maximum absolute atomic E-state index is 11.3. The van der Waals surface area contributed by atoms with Gasteiger partial charge in [-0.1, -0.05) is 0 Å². The molecule has 1 amide bonds. The largest absolute Gasteiger partial charge is 0.365 e. The highest BCUT2D eigenvalue weighted by Gasteiger charge is 2.14. The molecule has 0 radical (unpaired) electrons. The van der Waals surface area contributed by atoms with E-state index in [9.17, 15) is 9.59 Å². The van der Waals surface area contributed by atoms with Gasteiger partial charge in [0.15, 0.2) is 0 Å². The molecule has 2 rings (SSSR count). The Hall–Kier alpha value is -1.62. The van der Waals surface area contributed by atoms with Crippen molar-refractivity contribution in [3.05, 3.63) is 33.2 Å². The molecule has 1 aliphatic rings. The van der Waals surface area contributed by atoms with Crippen molar-refractivity contribution in [3.63, 3.8) is 0 Å². The Morgan fingerprint density at radius 3 is 3.00 bits per heavy atom. The van der Waals surface area contributed by atoms with Crippen LogP contribution in [0.4, 0.5) is 0 Å². The van der Waals surface area contributed by atoms with Crippen molar-refractivity contribution >= 4 is 5.91 Å². The van der Waals surface area contributed by atoms with Gasteiger partial charge in [0, 0.05) is 12.2 Å². The molecule has 0 aromatic carbocycles. The van der Waals surface area contributed by atoms with Crippen LogP contribution in [0.2, 0.25) is 0 Å². The number of hydrogen-bond donors (Lipinski definition) is 3. The van der Waals surface area contributed by atoms with Crippen LogP contribution in [-0.2, 0) is 13.0 Å². The van der Waals surface area contributed by atoms with E-state index >= 15 is 0 Å². The third kappa shape index (κ3) is 1.42. The smallest absolute Gasteiger partial charge is 0.261 e. The average molecular weight is 193 g/mol. The van der Waals surface area contributed by atoms with Crippen molar-refractivity contribution in [1.29, 1.82) is 0 Å². The van der Waals surface area contributed by atoms with Gasteiger partial charge in [-0.15, -0.1) is 0 Å². The molecule has 14 heavy (non-hydrogen) atoms. The molecular weight excluding hydrogens is 182 g/mol. The summed E-state index contributed by atoms with van der Waals surface area (Å²) in [7, 11) is 0. The highest BCUT2D eigenvalue weighted by atomic mass is 16.2. The van der Waals surface area contributed by atoms with E-state index in [1.54, 1.807) is 6.07 Å². The topological polar surface area (TPSA) is 88.0 Å². The summed E-state index contributed by atoms with van der Waals surface area (Å²) in [6.45, 7) is 1.50. The van der Waals surface area contributed by atoms with E-state index < -0.39 is 11.5 Å². The third-order valence-electron chi connectivity index (χ3n) is 2.35. The number of nitrogens with one attached hydrogen (secondary N) is 2. The van der Waals surface area contributed by atoms with Gasteiger partial charge in [-0.3, -0.25) is 9.59 Å². The minimum atomic E-state index is -0.674. The molecule has 0 unspecified atom stereocenters. The van der Waals surface area contributed by atoms with E-state index in [1.165, 1.54) is 0 Å². The molecule has 0 fully saturated rings. The Morgan fingerprint density at radius 2 is 2.29 bits per heavy atom. The second-order valence-corrected chi connectivity index (χ2v) is 3.31. The van der Waals surface area contributed by atoms with Gasteiger partial charge in [-0.05, 0) is 24.6 Å². The number of fused-ring (bicyclic) bond motifs is 1. The van der Waals surface area contributed by atoms with E-state index in [1.807, 2.05) is 0 Å². The van der Waals surface area contributed by atoms with Gasteiger partial charge < -0.3 is 16.0 Å². The number of H-pyrrole nitrogens is 1. The quantitative estimate of drug-likeness (QED) is 0.541. The molecule has 1 aromatic rings. The van der Waals surface area contributed by atoms with E-state index in [0.717, 1.165) is 24.2 Å². The van der Waals surface area contributed by atoms with Crippen LogP contribution >= 0.6 is 0 Å². The zero-order valence-electron chi connectivity index (χ0n) is 7.59. The number of carbonyl (C=O) groups excluding carboxylic acids is 1. The Balaban J connectivity index is 2.56. The minimum Gasteiger partial charge on any atom is -0.365 e. The Kier molecular flexibility index (Phi) is 2.09. The monoisotopic (exact) mass is 193 g/mol. The molecule has 0 atom stereocenters. The number of rotatable bonds is 1. The molecule has 5 heteroatoms. The van der Waals surface area contributed by atoms with Crippen molar-refractivity contribution in [1.82, 2.24) is 10.3 Å². The van der Waals surface area contributed by atoms with Crippen LogP contribution in [0.25, 0.3) is 0 Å². The summed E-state index contributed by atoms with van der Waals surface area (Å²) in [5.41, 5.74) is 6.57. The first-order valence-corrected chi connectivity index (χ1v) is 4.44. The van der Waals surface area contributed by atoms with Crippen LogP contribution in [-0.4, -0.2) is 17.4 Å². The fraction of sp³-hybridized carbons (Fsp3) is 0.333. The third-order valence-corrected chi connectivity index (χ3v) is 2.35. The molecule has 74 valence electrons. The lowest BCUT2D eigenvalue weighted by Gasteiger charge is -2.16. The van der Waals surface area contributed by atoms with Crippen molar-refractivity contribution in [3.8, 4) is 0 Å². The van der Waals surface area contributed by atoms with Gasteiger partial charge in [0.05, 0.1) is 0 Å². The van der Waals surface area contributed by atoms with Crippen LogP contribution in [0.3, 0.4) is 0 Å². The summed E-state index contributed by atoms with van der Waals surface area (Å²) in [4.78, 5) is 24.9. The SMILES string of the molecule is NC(=O)c1cc2c([nH]c1=O)CNCC2. The summed E-state index contributed by atoms with van der Waals surface area (Å²) in [6, 6.07) is 1.59. The van der Waals surface area contributed by atoms with Gasteiger partial charge in [-0.25, -0.2) is 0 Å². The molecule has 0 spiro atoms. The van der Waals surface area contributed by atoms with Crippen molar-refractivity contribution in [2.75, 3.05) is 6.54 Å². The van der Waals surface area contributed by atoms with Crippen LogP contribution in [0.1, 0.15) is 21.6 Å². The van der Waals surface area contributed by atoms with Crippen molar-refractivity contribution in [2.24, 2.45) is 5.73 Å². The fourth-order valence-electron chi connectivity index (χ4n) is 1.61. The van der Waals surface area contributed by atoms with E-state index in [0.29, 0.717) is 6.54 Å². The summed E-state index contributed by atoms with van der Waals surface area (Å²) in [6.07, 6.45) is 0.812. The number of nitrogens with two attached hydrogens (primary N) is 1. The van der Waals surface area contributed by atoms with E-state index in [2.05, 4.69) is 10.3 Å².